The van der Waals surface area contributed by atoms with Gasteiger partial charge in [0.15, 0.2) is 6.10 Å². The van der Waals surface area contributed by atoms with Gasteiger partial charge in [0.2, 0.25) is 0 Å². The quantitative estimate of drug-likeness (QED) is 0.858. The van der Waals surface area contributed by atoms with Crippen LogP contribution < -0.4 is 5.32 Å². The van der Waals surface area contributed by atoms with Crippen LogP contribution in [-0.2, 0) is 9.53 Å². The van der Waals surface area contributed by atoms with Gasteiger partial charge in [-0.1, -0.05) is 29.8 Å². The lowest BCUT2D eigenvalue weighted by Crippen LogP contribution is -2.37. The van der Waals surface area contributed by atoms with Crippen LogP contribution in [0.1, 0.15) is 15.2 Å². The van der Waals surface area contributed by atoms with E-state index in [2.05, 4.69) is 5.32 Å². The Kier molecular flexibility index (Phi) is 5.30. The van der Waals surface area contributed by atoms with Crippen LogP contribution in [0.4, 0.5) is 0 Å². The van der Waals surface area contributed by atoms with E-state index >= 15 is 0 Å². The monoisotopic (exact) mass is 319 g/mol. The van der Waals surface area contributed by atoms with Crippen molar-refractivity contribution in [1.82, 2.24) is 5.32 Å². The molecule has 0 saturated heterocycles. The molecular weight excluding hydrogens is 302 g/mol. The van der Waals surface area contributed by atoms with Gasteiger partial charge in [-0.05, 0) is 23.9 Å². The molecule has 2 rings (SSSR count). The Hall–Kier alpha value is -2.18. The maximum Gasteiger partial charge on any atom is 0.334 e. The number of aliphatic carboxylic acids is 1. The second kappa shape index (κ2) is 7.20. The maximum atomic E-state index is 12.3. The first kappa shape index (κ1) is 16.2. The molecule has 2 aromatic rings. The second-order valence-corrected chi connectivity index (χ2v) is 5.72. The molecule has 1 heterocycles. The van der Waals surface area contributed by atoms with Gasteiger partial charge in [0.1, 0.15) is 0 Å². The molecule has 0 saturated carbocycles. The Balaban J connectivity index is 2.13. The summed E-state index contributed by atoms with van der Waals surface area (Å²) in [4.78, 5) is 23.7. The standard InChI is InChI=1S/C16H17NO4S/c1-10-3-5-11(6-4-10)12-7-8-22-14(12)15(18)17-9-13(21-2)16(19)20/h3-8,13H,9H2,1-2H3,(H,17,18)(H,19,20). The Bertz CT molecular complexity index is 663. The normalized spacial score (nSPS) is 11.9. The Morgan fingerprint density at radius 3 is 2.55 bits per heavy atom. The molecule has 0 aliphatic rings. The van der Waals surface area contributed by atoms with Crippen LogP contribution >= 0.6 is 11.3 Å². The first-order valence-corrected chi connectivity index (χ1v) is 7.59. The topological polar surface area (TPSA) is 75.6 Å². The highest BCUT2D eigenvalue weighted by atomic mass is 32.1. The van der Waals surface area contributed by atoms with E-state index in [9.17, 15) is 9.59 Å². The molecule has 1 atom stereocenters. The highest BCUT2D eigenvalue weighted by Crippen LogP contribution is 2.28. The van der Waals surface area contributed by atoms with Crippen molar-refractivity contribution >= 4 is 23.2 Å². The largest absolute Gasteiger partial charge is 0.479 e. The highest BCUT2D eigenvalue weighted by molar-refractivity contribution is 7.12. The fraction of sp³-hybridized carbons (Fsp3) is 0.250. The van der Waals surface area contributed by atoms with Crippen LogP contribution in [0.15, 0.2) is 35.7 Å². The number of thiophene rings is 1. The molecule has 6 heteroatoms. The minimum Gasteiger partial charge on any atom is -0.479 e. The van der Waals surface area contributed by atoms with E-state index in [4.69, 9.17) is 9.84 Å². The molecule has 1 amide bonds. The Labute approximate surface area is 132 Å². The van der Waals surface area contributed by atoms with Gasteiger partial charge in [-0.15, -0.1) is 11.3 Å². The average Bonchev–Trinajstić information content (AvgIpc) is 2.97. The number of rotatable bonds is 6. The first-order chi connectivity index (χ1) is 10.5. The summed E-state index contributed by atoms with van der Waals surface area (Å²) in [7, 11) is 1.30. The van der Waals surface area contributed by atoms with Crippen LogP contribution in [-0.4, -0.2) is 36.7 Å². The van der Waals surface area contributed by atoms with Gasteiger partial charge in [-0.2, -0.15) is 0 Å². The summed E-state index contributed by atoms with van der Waals surface area (Å²) >= 11 is 1.32. The van der Waals surface area contributed by atoms with Crippen molar-refractivity contribution in [1.29, 1.82) is 0 Å². The Morgan fingerprint density at radius 2 is 1.95 bits per heavy atom. The molecule has 2 N–H and O–H groups in total. The summed E-state index contributed by atoms with van der Waals surface area (Å²) < 4.78 is 4.80. The number of amides is 1. The van der Waals surface area contributed by atoms with E-state index in [1.165, 1.54) is 18.4 Å². The summed E-state index contributed by atoms with van der Waals surface area (Å²) in [6.07, 6.45) is -1.05. The van der Waals surface area contributed by atoms with Gasteiger partial charge in [-0.3, -0.25) is 4.79 Å². The van der Waals surface area contributed by atoms with Gasteiger partial charge < -0.3 is 15.2 Å². The number of carboxylic acid groups (broad SMARTS) is 1. The number of benzene rings is 1. The molecular formula is C16H17NO4S. The van der Waals surface area contributed by atoms with Crippen molar-refractivity contribution in [3.05, 3.63) is 46.2 Å². The van der Waals surface area contributed by atoms with E-state index in [1.807, 2.05) is 42.6 Å². The first-order valence-electron chi connectivity index (χ1n) is 6.71. The average molecular weight is 319 g/mol. The minimum absolute atomic E-state index is 0.0735. The lowest BCUT2D eigenvalue weighted by atomic mass is 10.0. The molecule has 0 aliphatic carbocycles. The fourth-order valence-electron chi connectivity index (χ4n) is 1.98. The summed E-state index contributed by atoms with van der Waals surface area (Å²) in [5.41, 5.74) is 2.94. The van der Waals surface area contributed by atoms with Crippen LogP contribution in [0.25, 0.3) is 11.1 Å². The number of aryl methyl sites for hydroxylation is 1. The van der Waals surface area contributed by atoms with E-state index in [-0.39, 0.29) is 12.5 Å². The van der Waals surface area contributed by atoms with Crippen LogP contribution in [0.2, 0.25) is 0 Å². The van der Waals surface area contributed by atoms with E-state index in [0.717, 1.165) is 16.7 Å². The molecule has 0 aliphatic heterocycles. The third kappa shape index (κ3) is 3.72. The predicted molar refractivity (Wildman–Crippen MR) is 85.3 cm³/mol. The van der Waals surface area contributed by atoms with E-state index < -0.39 is 12.1 Å². The van der Waals surface area contributed by atoms with E-state index in [0.29, 0.717) is 4.88 Å². The Morgan fingerprint density at radius 1 is 1.27 bits per heavy atom. The van der Waals surface area contributed by atoms with Crippen LogP contribution in [0.5, 0.6) is 0 Å². The molecule has 0 fully saturated rings. The van der Waals surface area contributed by atoms with Crippen molar-refractivity contribution in [3.63, 3.8) is 0 Å². The van der Waals surface area contributed by atoms with Crippen molar-refractivity contribution in [2.75, 3.05) is 13.7 Å². The lowest BCUT2D eigenvalue weighted by molar-refractivity contribution is -0.147. The summed E-state index contributed by atoms with van der Waals surface area (Å²) in [5, 5.41) is 13.3. The molecule has 0 radical (unpaired) electrons. The van der Waals surface area contributed by atoms with Crippen molar-refractivity contribution < 1.29 is 19.4 Å². The van der Waals surface area contributed by atoms with Gasteiger partial charge >= 0.3 is 5.97 Å². The zero-order chi connectivity index (χ0) is 16.1. The number of methoxy groups -OCH3 is 1. The third-order valence-corrected chi connectivity index (χ3v) is 4.16. The minimum atomic E-state index is -1.10. The van der Waals surface area contributed by atoms with Gasteiger partial charge in [-0.25, -0.2) is 4.79 Å². The lowest BCUT2D eigenvalue weighted by Gasteiger charge is -2.11. The number of nitrogens with one attached hydrogen (secondary N) is 1. The van der Waals surface area contributed by atoms with Gasteiger partial charge in [0.25, 0.3) is 5.91 Å². The molecule has 0 bridgehead atoms. The summed E-state index contributed by atoms with van der Waals surface area (Å²) in [5.74, 6) is -1.40. The van der Waals surface area contributed by atoms with Gasteiger partial charge in [0, 0.05) is 12.7 Å². The molecule has 1 aromatic heterocycles. The van der Waals surface area contributed by atoms with Crippen LogP contribution in [0, 0.1) is 6.92 Å². The molecule has 22 heavy (non-hydrogen) atoms. The molecule has 5 nitrogen and oxygen atoms in total. The number of carbonyl (C=O) groups excluding carboxylic acids is 1. The number of carboxylic acids is 1. The zero-order valence-electron chi connectivity index (χ0n) is 12.3. The molecule has 1 unspecified atom stereocenters. The van der Waals surface area contributed by atoms with Crippen molar-refractivity contribution in [3.8, 4) is 11.1 Å². The third-order valence-electron chi connectivity index (χ3n) is 3.24. The summed E-state index contributed by atoms with van der Waals surface area (Å²) in [6.45, 7) is 1.93. The summed E-state index contributed by atoms with van der Waals surface area (Å²) in [6, 6.07) is 9.78. The van der Waals surface area contributed by atoms with Crippen LogP contribution in [0.3, 0.4) is 0 Å². The number of ether oxygens (including phenoxy) is 1. The maximum absolute atomic E-state index is 12.3. The van der Waals surface area contributed by atoms with Gasteiger partial charge in [0.05, 0.1) is 11.4 Å². The molecule has 116 valence electrons. The highest BCUT2D eigenvalue weighted by Gasteiger charge is 2.20. The smallest absolute Gasteiger partial charge is 0.334 e. The number of hydrogen-bond acceptors (Lipinski definition) is 4. The van der Waals surface area contributed by atoms with E-state index in [1.54, 1.807) is 0 Å². The zero-order valence-corrected chi connectivity index (χ0v) is 13.1. The van der Waals surface area contributed by atoms with Crippen molar-refractivity contribution in [2.24, 2.45) is 0 Å². The SMILES string of the molecule is COC(CNC(=O)c1sccc1-c1ccc(C)cc1)C(=O)O. The number of carbonyl (C=O) groups is 2. The molecule has 1 aromatic carbocycles. The predicted octanol–water partition coefficient (Wildman–Crippen LogP) is 2.55. The van der Waals surface area contributed by atoms with Crippen molar-refractivity contribution in [2.45, 2.75) is 13.0 Å². The number of hydrogen-bond donors (Lipinski definition) is 2. The molecule has 0 spiro atoms. The fourth-order valence-corrected chi connectivity index (χ4v) is 2.81. The second-order valence-electron chi connectivity index (χ2n) is 4.80.